The largest absolute Gasteiger partial charge is 0.340 e. The fourth-order valence-corrected chi connectivity index (χ4v) is 2.54. The van der Waals surface area contributed by atoms with Gasteiger partial charge in [-0.25, -0.2) is 0 Å². The lowest BCUT2D eigenvalue weighted by molar-refractivity contribution is -0.161. The third-order valence-corrected chi connectivity index (χ3v) is 3.87. The predicted molar refractivity (Wildman–Crippen MR) is 72.2 cm³/mol. The number of piperazine rings is 1. The summed E-state index contributed by atoms with van der Waals surface area (Å²) in [6.07, 6.45) is 2.87. The minimum atomic E-state index is -0.856. The van der Waals surface area contributed by atoms with Crippen molar-refractivity contribution < 1.29 is 9.59 Å². The van der Waals surface area contributed by atoms with Gasteiger partial charge in [0.25, 0.3) is 0 Å². The zero-order chi connectivity index (χ0) is 14.0. The van der Waals surface area contributed by atoms with Crippen molar-refractivity contribution >= 4 is 23.4 Å². The van der Waals surface area contributed by atoms with Gasteiger partial charge in [0.1, 0.15) is 11.1 Å². The monoisotopic (exact) mass is 272 g/mol. The lowest BCUT2D eigenvalue weighted by Gasteiger charge is -2.50. The van der Waals surface area contributed by atoms with Crippen molar-refractivity contribution in [2.24, 2.45) is 0 Å². The molecule has 2 amide bonds. The second-order valence-electron chi connectivity index (χ2n) is 5.10. The zero-order valence-corrected chi connectivity index (χ0v) is 12.2. The topological polar surface area (TPSA) is 49.4 Å². The molecule has 0 radical (unpaired) electrons. The molecule has 1 rings (SSSR count). The van der Waals surface area contributed by atoms with Gasteiger partial charge in [-0.05, 0) is 26.7 Å². The third kappa shape index (κ3) is 2.26. The van der Waals surface area contributed by atoms with E-state index >= 15 is 0 Å². The Morgan fingerprint density at radius 2 is 1.83 bits per heavy atom. The average Bonchev–Trinajstić information content (AvgIpc) is 2.32. The van der Waals surface area contributed by atoms with Crippen LogP contribution in [0.5, 0.6) is 0 Å². The molecule has 0 saturated carbocycles. The van der Waals surface area contributed by atoms with Gasteiger partial charge >= 0.3 is 0 Å². The van der Waals surface area contributed by atoms with Crippen LogP contribution in [0.25, 0.3) is 0 Å². The van der Waals surface area contributed by atoms with Crippen LogP contribution in [-0.2, 0) is 9.59 Å². The molecule has 0 bridgehead atoms. The van der Waals surface area contributed by atoms with Gasteiger partial charge in [-0.1, -0.05) is 31.5 Å². The molecule has 1 heterocycles. The Bertz CT molecular complexity index is 373. The van der Waals surface area contributed by atoms with Crippen LogP contribution >= 0.6 is 11.6 Å². The Labute approximate surface area is 113 Å². The van der Waals surface area contributed by atoms with E-state index in [-0.39, 0.29) is 11.8 Å². The summed E-state index contributed by atoms with van der Waals surface area (Å²) in [4.78, 5) is 26.5. The van der Waals surface area contributed by atoms with E-state index in [9.17, 15) is 9.59 Å². The normalized spacial score (nSPS) is 22.4. The van der Waals surface area contributed by atoms with E-state index in [0.29, 0.717) is 19.4 Å². The number of nitrogens with zero attached hydrogens (tertiary/aromatic N) is 1. The van der Waals surface area contributed by atoms with Crippen molar-refractivity contribution in [2.45, 2.75) is 51.6 Å². The predicted octanol–water partition coefficient (Wildman–Crippen LogP) is 2.03. The molecule has 1 N–H and O–H groups in total. The first kappa shape index (κ1) is 15.0. The van der Waals surface area contributed by atoms with Crippen LogP contribution in [0.4, 0.5) is 0 Å². The number of hydrogen-bond donors (Lipinski definition) is 1. The van der Waals surface area contributed by atoms with Crippen LogP contribution in [-0.4, -0.2) is 34.3 Å². The highest BCUT2D eigenvalue weighted by Gasteiger charge is 2.52. The van der Waals surface area contributed by atoms with Crippen molar-refractivity contribution in [2.75, 3.05) is 6.54 Å². The first-order valence-electron chi connectivity index (χ1n) is 6.25. The molecule has 0 aromatic carbocycles. The van der Waals surface area contributed by atoms with Gasteiger partial charge < -0.3 is 10.2 Å². The smallest absolute Gasteiger partial charge is 0.248 e. The highest BCUT2D eigenvalue weighted by Crippen LogP contribution is 2.31. The fourth-order valence-electron chi connectivity index (χ4n) is 2.46. The van der Waals surface area contributed by atoms with Crippen LogP contribution < -0.4 is 5.32 Å². The standard InChI is InChI=1S/C13H21ClN2O2/c1-5-13(6-2)10(17)15-12(3,4)11(18)16(13)9-7-8-14/h7-8H,5-6,9H2,1-4H3,(H,15,17)/b8-7+. The van der Waals surface area contributed by atoms with Gasteiger partial charge in [0.05, 0.1) is 0 Å². The molecule has 0 aromatic rings. The summed E-state index contributed by atoms with van der Waals surface area (Å²) in [5.41, 5.74) is -0.239. The van der Waals surface area contributed by atoms with E-state index in [1.54, 1.807) is 24.8 Å². The number of hydrogen-bond acceptors (Lipinski definition) is 2. The van der Waals surface area contributed by atoms with Crippen molar-refractivity contribution in [1.29, 1.82) is 0 Å². The molecule has 0 unspecified atom stereocenters. The number of rotatable bonds is 4. The Hall–Kier alpha value is -1.03. The van der Waals surface area contributed by atoms with Crippen LogP contribution in [0, 0.1) is 0 Å². The van der Waals surface area contributed by atoms with Crippen LogP contribution in [0.2, 0.25) is 0 Å². The van der Waals surface area contributed by atoms with Crippen molar-refractivity contribution in [3.63, 3.8) is 0 Å². The second-order valence-corrected chi connectivity index (χ2v) is 5.35. The molecule has 0 spiro atoms. The molecule has 18 heavy (non-hydrogen) atoms. The Balaban J connectivity index is 3.22. The molecular formula is C13H21ClN2O2. The van der Waals surface area contributed by atoms with Crippen LogP contribution in [0.1, 0.15) is 40.5 Å². The molecule has 102 valence electrons. The quantitative estimate of drug-likeness (QED) is 0.851. The van der Waals surface area contributed by atoms with E-state index in [4.69, 9.17) is 11.6 Å². The van der Waals surface area contributed by atoms with E-state index in [1.165, 1.54) is 5.54 Å². The molecule has 0 atom stereocenters. The van der Waals surface area contributed by atoms with Crippen LogP contribution in [0.15, 0.2) is 11.6 Å². The molecule has 0 aliphatic carbocycles. The van der Waals surface area contributed by atoms with E-state index in [2.05, 4.69) is 5.32 Å². The average molecular weight is 273 g/mol. The Kier molecular flexibility index (Phi) is 4.43. The summed E-state index contributed by atoms with van der Waals surface area (Å²) in [5, 5.41) is 2.82. The maximum Gasteiger partial charge on any atom is 0.248 e. The molecule has 1 fully saturated rings. The first-order chi connectivity index (χ1) is 8.35. The minimum absolute atomic E-state index is 0.0689. The van der Waals surface area contributed by atoms with Crippen molar-refractivity contribution in [1.82, 2.24) is 10.2 Å². The Morgan fingerprint density at radius 1 is 1.28 bits per heavy atom. The van der Waals surface area contributed by atoms with Crippen molar-refractivity contribution in [3.8, 4) is 0 Å². The lowest BCUT2D eigenvalue weighted by atomic mass is 9.83. The third-order valence-electron chi connectivity index (χ3n) is 3.69. The van der Waals surface area contributed by atoms with Gasteiger partial charge in [0.2, 0.25) is 11.8 Å². The second kappa shape index (κ2) is 5.31. The maximum atomic E-state index is 12.5. The van der Waals surface area contributed by atoms with Crippen molar-refractivity contribution in [3.05, 3.63) is 11.6 Å². The highest BCUT2D eigenvalue weighted by molar-refractivity contribution is 6.25. The molecule has 4 nitrogen and oxygen atoms in total. The maximum absolute atomic E-state index is 12.5. The van der Waals surface area contributed by atoms with E-state index in [0.717, 1.165) is 0 Å². The fraction of sp³-hybridized carbons (Fsp3) is 0.692. The van der Waals surface area contributed by atoms with E-state index in [1.807, 2.05) is 13.8 Å². The summed E-state index contributed by atoms with van der Waals surface area (Å²) in [6.45, 7) is 7.65. The van der Waals surface area contributed by atoms with Gasteiger partial charge in [0, 0.05) is 12.1 Å². The summed E-state index contributed by atoms with van der Waals surface area (Å²) in [7, 11) is 0. The molecule has 1 aliphatic rings. The summed E-state index contributed by atoms with van der Waals surface area (Å²) < 4.78 is 0. The van der Waals surface area contributed by atoms with Gasteiger partial charge in [-0.15, -0.1) is 0 Å². The molecule has 1 aliphatic heterocycles. The van der Waals surface area contributed by atoms with Gasteiger partial charge in [-0.2, -0.15) is 0 Å². The number of halogens is 1. The molecular weight excluding hydrogens is 252 g/mol. The summed E-state index contributed by atoms with van der Waals surface area (Å²) >= 11 is 5.54. The highest BCUT2D eigenvalue weighted by atomic mass is 35.5. The summed E-state index contributed by atoms with van der Waals surface area (Å²) in [6, 6.07) is 0. The number of nitrogens with one attached hydrogen (secondary N) is 1. The van der Waals surface area contributed by atoms with Crippen LogP contribution in [0.3, 0.4) is 0 Å². The minimum Gasteiger partial charge on any atom is -0.340 e. The lowest BCUT2D eigenvalue weighted by Crippen LogP contribution is -2.73. The SMILES string of the molecule is CCC1(CC)C(=O)NC(C)(C)C(=O)N1C/C=C/Cl. The number of carbonyl (C=O) groups excluding carboxylic acids is 2. The first-order valence-corrected chi connectivity index (χ1v) is 6.69. The number of carbonyl (C=O) groups is 2. The molecule has 0 aromatic heterocycles. The van der Waals surface area contributed by atoms with Gasteiger partial charge in [-0.3, -0.25) is 9.59 Å². The Morgan fingerprint density at radius 3 is 2.28 bits per heavy atom. The summed E-state index contributed by atoms with van der Waals surface area (Å²) in [5.74, 6) is -0.152. The number of amides is 2. The molecule has 5 heteroatoms. The van der Waals surface area contributed by atoms with E-state index < -0.39 is 11.1 Å². The zero-order valence-electron chi connectivity index (χ0n) is 11.4. The van der Waals surface area contributed by atoms with Gasteiger partial charge in [0.15, 0.2) is 0 Å². The molecule has 1 saturated heterocycles.